The number of hydrogen-bond acceptors (Lipinski definition) is 5. The highest BCUT2D eigenvalue weighted by Crippen LogP contribution is 2.26. The molecule has 0 unspecified atom stereocenters. The van der Waals surface area contributed by atoms with Crippen LogP contribution < -0.4 is 11.1 Å². The fourth-order valence-electron chi connectivity index (χ4n) is 3.80. The molecule has 1 aromatic heterocycles. The minimum Gasteiger partial charge on any atom is -0.507 e. The number of nitrogens with zero attached hydrogens (tertiary/aromatic N) is 1. The zero-order valence-corrected chi connectivity index (χ0v) is 17.1. The predicted molar refractivity (Wildman–Crippen MR) is 125 cm³/mol. The molecule has 0 radical (unpaired) electrons. The number of fused-ring (bicyclic) bond motifs is 4. The Morgan fingerprint density at radius 2 is 1.53 bits per heavy atom. The molecule has 6 heteroatoms. The third-order valence-electron chi connectivity index (χ3n) is 5.47. The summed E-state index contributed by atoms with van der Waals surface area (Å²) < 4.78 is 5.38. The van der Waals surface area contributed by atoms with Gasteiger partial charge in [-0.05, 0) is 52.7 Å². The SMILES string of the molecule is C/C(=N/NC(=O)c1cc2c(ccc3ccccc32)oc1=O)c1cc2ccccc2cc1O. The van der Waals surface area contributed by atoms with Crippen molar-refractivity contribution >= 4 is 44.1 Å². The maximum Gasteiger partial charge on any atom is 0.349 e. The van der Waals surface area contributed by atoms with Gasteiger partial charge in [-0.1, -0.05) is 54.6 Å². The molecular formula is C26H18N2O4. The third-order valence-corrected chi connectivity index (χ3v) is 5.47. The molecule has 0 atom stereocenters. The molecule has 0 fully saturated rings. The van der Waals surface area contributed by atoms with Crippen LogP contribution in [-0.4, -0.2) is 16.7 Å². The molecule has 1 amide bonds. The van der Waals surface area contributed by atoms with Gasteiger partial charge < -0.3 is 9.52 Å². The molecule has 5 aromatic rings. The summed E-state index contributed by atoms with van der Waals surface area (Å²) in [4.78, 5) is 25.1. The number of hydrazone groups is 1. The van der Waals surface area contributed by atoms with Gasteiger partial charge in [0.1, 0.15) is 16.9 Å². The van der Waals surface area contributed by atoms with E-state index in [1.807, 2.05) is 54.6 Å². The molecule has 0 aliphatic rings. The van der Waals surface area contributed by atoms with Crippen LogP contribution in [0.2, 0.25) is 0 Å². The molecule has 32 heavy (non-hydrogen) atoms. The molecule has 1 heterocycles. The van der Waals surface area contributed by atoms with Crippen LogP contribution in [0.3, 0.4) is 0 Å². The quantitative estimate of drug-likeness (QED) is 0.186. The van der Waals surface area contributed by atoms with E-state index >= 15 is 0 Å². The van der Waals surface area contributed by atoms with Gasteiger partial charge in [0, 0.05) is 10.9 Å². The lowest BCUT2D eigenvalue weighted by Gasteiger charge is -2.08. The van der Waals surface area contributed by atoms with Crippen LogP contribution in [0.1, 0.15) is 22.8 Å². The van der Waals surface area contributed by atoms with E-state index in [1.54, 1.807) is 25.1 Å². The van der Waals surface area contributed by atoms with Crippen LogP contribution >= 0.6 is 0 Å². The molecule has 0 aliphatic heterocycles. The van der Waals surface area contributed by atoms with Crippen LogP contribution in [0, 0.1) is 0 Å². The van der Waals surface area contributed by atoms with Gasteiger partial charge in [0.15, 0.2) is 0 Å². The summed E-state index contributed by atoms with van der Waals surface area (Å²) in [6.07, 6.45) is 0. The fraction of sp³-hybridized carbons (Fsp3) is 0.0385. The van der Waals surface area contributed by atoms with E-state index in [0.717, 1.165) is 21.5 Å². The zero-order valence-electron chi connectivity index (χ0n) is 17.1. The second-order valence-corrected chi connectivity index (χ2v) is 7.50. The Kier molecular flexibility index (Phi) is 4.67. The second kappa shape index (κ2) is 7.67. The molecular weight excluding hydrogens is 404 g/mol. The monoisotopic (exact) mass is 422 g/mol. The summed E-state index contributed by atoms with van der Waals surface area (Å²) in [5, 5.41) is 18.8. The van der Waals surface area contributed by atoms with E-state index in [9.17, 15) is 14.7 Å². The number of rotatable bonds is 3. The van der Waals surface area contributed by atoms with Crippen molar-refractivity contribution in [3.63, 3.8) is 0 Å². The Morgan fingerprint density at radius 3 is 2.31 bits per heavy atom. The van der Waals surface area contributed by atoms with E-state index in [4.69, 9.17) is 4.42 Å². The number of carbonyl (C=O) groups is 1. The van der Waals surface area contributed by atoms with Crippen molar-refractivity contribution in [3.8, 4) is 5.75 Å². The number of carbonyl (C=O) groups excluding carboxylic acids is 1. The van der Waals surface area contributed by atoms with Crippen molar-refractivity contribution < 1.29 is 14.3 Å². The molecule has 2 N–H and O–H groups in total. The number of amides is 1. The van der Waals surface area contributed by atoms with Gasteiger partial charge in [-0.15, -0.1) is 0 Å². The van der Waals surface area contributed by atoms with Crippen LogP contribution in [0.15, 0.2) is 93.2 Å². The summed E-state index contributed by atoms with van der Waals surface area (Å²) in [7, 11) is 0. The van der Waals surface area contributed by atoms with Crippen molar-refractivity contribution in [2.24, 2.45) is 5.10 Å². The number of phenolic OH excluding ortho intramolecular Hbond substituents is 1. The van der Waals surface area contributed by atoms with Crippen LogP contribution in [0.5, 0.6) is 5.75 Å². The smallest absolute Gasteiger partial charge is 0.349 e. The predicted octanol–water partition coefficient (Wildman–Crippen LogP) is 4.96. The summed E-state index contributed by atoms with van der Waals surface area (Å²) >= 11 is 0. The lowest BCUT2D eigenvalue weighted by atomic mass is 10.0. The van der Waals surface area contributed by atoms with Crippen molar-refractivity contribution in [2.75, 3.05) is 0 Å². The molecule has 0 spiro atoms. The van der Waals surface area contributed by atoms with E-state index in [-0.39, 0.29) is 11.3 Å². The number of phenols is 1. The number of hydrogen-bond donors (Lipinski definition) is 2. The Labute approximate surface area is 182 Å². The van der Waals surface area contributed by atoms with E-state index in [1.165, 1.54) is 6.07 Å². The van der Waals surface area contributed by atoms with E-state index in [2.05, 4.69) is 10.5 Å². The summed E-state index contributed by atoms with van der Waals surface area (Å²) in [6.45, 7) is 1.67. The molecule has 0 bridgehead atoms. The van der Waals surface area contributed by atoms with Gasteiger partial charge in [0.25, 0.3) is 5.91 Å². The van der Waals surface area contributed by atoms with Gasteiger partial charge in [0.2, 0.25) is 0 Å². The highest BCUT2D eigenvalue weighted by atomic mass is 16.4. The molecule has 156 valence electrons. The van der Waals surface area contributed by atoms with Crippen LogP contribution in [0.25, 0.3) is 32.5 Å². The average Bonchev–Trinajstić information content (AvgIpc) is 2.81. The largest absolute Gasteiger partial charge is 0.507 e. The van der Waals surface area contributed by atoms with Crippen LogP contribution in [0.4, 0.5) is 0 Å². The van der Waals surface area contributed by atoms with E-state index in [0.29, 0.717) is 22.2 Å². The first-order valence-electron chi connectivity index (χ1n) is 10.0. The first-order chi connectivity index (χ1) is 15.5. The maximum atomic E-state index is 12.7. The first kappa shape index (κ1) is 19.5. The number of nitrogens with one attached hydrogen (secondary N) is 1. The molecule has 0 aliphatic carbocycles. The van der Waals surface area contributed by atoms with Gasteiger partial charge >= 0.3 is 5.63 Å². The average molecular weight is 422 g/mol. The second-order valence-electron chi connectivity index (χ2n) is 7.50. The number of benzene rings is 4. The molecule has 4 aromatic carbocycles. The molecule has 0 saturated heterocycles. The van der Waals surface area contributed by atoms with Gasteiger partial charge in [-0.25, -0.2) is 10.2 Å². The Balaban J connectivity index is 1.50. The summed E-state index contributed by atoms with van der Waals surface area (Å²) in [6, 6.07) is 23.8. The van der Waals surface area contributed by atoms with Gasteiger partial charge in [-0.2, -0.15) is 5.10 Å². The summed E-state index contributed by atoms with van der Waals surface area (Å²) in [5.41, 5.74) is 2.81. The number of aromatic hydroxyl groups is 1. The minimum atomic E-state index is -0.744. The Morgan fingerprint density at radius 1 is 0.844 bits per heavy atom. The van der Waals surface area contributed by atoms with Crippen molar-refractivity contribution in [1.29, 1.82) is 0 Å². The normalized spacial score (nSPS) is 11.8. The lowest BCUT2D eigenvalue weighted by molar-refractivity contribution is 0.0951. The standard InChI is InChI=1S/C26H18N2O4/c1-15(20-12-17-7-2-3-8-18(17)13-23(20)29)27-28-25(30)22-14-21-19-9-5-4-6-16(19)10-11-24(21)32-26(22)31/h2-14,29H,1H3,(H,28,30)/b27-15-. The molecule has 5 rings (SSSR count). The molecule has 6 nitrogen and oxygen atoms in total. The highest BCUT2D eigenvalue weighted by molar-refractivity contribution is 6.09. The van der Waals surface area contributed by atoms with Crippen LogP contribution in [-0.2, 0) is 0 Å². The molecule has 0 saturated carbocycles. The zero-order chi connectivity index (χ0) is 22.2. The Bertz CT molecular complexity index is 1620. The van der Waals surface area contributed by atoms with Crippen molar-refractivity contribution in [1.82, 2.24) is 5.43 Å². The summed E-state index contributed by atoms with van der Waals surface area (Å²) in [5.74, 6) is -0.635. The van der Waals surface area contributed by atoms with Gasteiger partial charge in [0.05, 0.1) is 5.71 Å². The van der Waals surface area contributed by atoms with Crippen molar-refractivity contribution in [3.05, 3.63) is 100 Å². The third kappa shape index (κ3) is 3.37. The fourth-order valence-corrected chi connectivity index (χ4v) is 3.80. The Hall–Kier alpha value is -4.45. The van der Waals surface area contributed by atoms with Crippen molar-refractivity contribution in [2.45, 2.75) is 6.92 Å². The lowest BCUT2D eigenvalue weighted by Crippen LogP contribution is -2.25. The highest BCUT2D eigenvalue weighted by Gasteiger charge is 2.15. The van der Waals surface area contributed by atoms with Gasteiger partial charge in [-0.3, -0.25) is 4.79 Å². The first-order valence-corrected chi connectivity index (χ1v) is 10.0. The maximum absolute atomic E-state index is 12.7. The minimum absolute atomic E-state index is 0.0517. The van der Waals surface area contributed by atoms with E-state index < -0.39 is 11.5 Å². The topological polar surface area (TPSA) is 91.9 Å².